The lowest BCUT2D eigenvalue weighted by molar-refractivity contribution is -0.252. The minimum Gasteiger partial charge on any atom is -0.340 e. The Kier molecular flexibility index (Phi) is 7.75. The fraction of sp³-hybridized carbons (Fsp3) is 1.00. The zero-order chi connectivity index (χ0) is 15.1. The second-order valence-electron chi connectivity index (χ2n) is 3.74. The summed E-state index contributed by atoms with van der Waals surface area (Å²) in [5, 5.41) is 0. The first-order valence-corrected chi connectivity index (χ1v) is 6.94. The van der Waals surface area contributed by atoms with Crippen molar-refractivity contribution in [1.82, 2.24) is 0 Å². The zero-order valence-corrected chi connectivity index (χ0v) is 10.9. The van der Waals surface area contributed by atoms with Gasteiger partial charge in [0.1, 0.15) is 13.3 Å². The van der Waals surface area contributed by atoms with Gasteiger partial charge in [-0.15, -0.1) is 3.89 Å². The molecular formula is C9H15F5O4S. The van der Waals surface area contributed by atoms with E-state index in [1.807, 2.05) is 0 Å². The summed E-state index contributed by atoms with van der Waals surface area (Å²) in [5.41, 5.74) is 0. The molecule has 0 saturated carbocycles. The summed E-state index contributed by atoms with van der Waals surface area (Å²) in [7, 11) is -5.46. The van der Waals surface area contributed by atoms with Gasteiger partial charge in [0.05, 0.1) is 6.10 Å². The summed E-state index contributed by atoms with van der Waals surface area (Å²) >= 11 is 0. The van der Waals surface area contributed by atoms with Crippen LogP contribution >= 0.6 is 0 Å². The van der Waals surface area contributed by atoms with E-state index in [-0.39, 0.29) is 6.42 Å². The fourth-order valence-corrected chi connectivity index (χ4v) is 1.67. The quantitative estimate of drug-likeness (QED) is 0.459. The number of ether oxygens (including phenoxy) is 2. The van der Waals surface area contributed by atoms with Crippen molar-refractivity contribution in [3.05, 3.63) is 0 Å². The van der Waals surface area contributed by atoms with Gasteiger partial charge in [0.15, 0.2) is 5.75 Å². The lowest BCUT2D eigenvalue weighted by Gasteiger charge is -2.20. The van der Waals surface area contributed by atoms with Crippen LogP contribution in [0.5, 0.6) is 0 Å². The normalized spacial score (nSPS) is 16.3. The fourth-order valence-electron chi connectivity index (χ4n) is 1.18. The third-order valence-electron chi connectivity index (χ3n) is 1.89. The third-order valence-corrected chi connectivity index (χ3v) is 2.57. The summed E-state index contributed by atoms with van der Waals surface area (Å²) in [6, 6.07) is 0. The molecule has 19 heavy (non-hydrogen) atoms. The predicted molar refractivity (Wildman–Crippen MR) is 56.4 cm³/mol. The topological polar surface area (TPSA) is 52.6 Å². The van der Waals surface area contributed by atoms with Crippen LogP contribution in [0.2, 0.25) is 0 Å². The molecule has 0 aliphatic heterocycles. The number of rotatable bonds is 10. The molecule has 0 bridgehead atoms. The molecule has 2 unspecified atom stereocenters. The first-order valence-electron chi connectivity index (χ1n) is 5.39. The van der Waals surface area contributed by atoms with E-state index in [1.165, 1.54) is 0 Å². The summed E-state index contributed by atoms with van der Waals surface area (Å²) in [6.45, 7) is -0.637. The highest BCUT2D eigenvalue weighted by atomic mass is 32.3. The van der Waals surface area contributed by atoms with Crippen molar-refractivity contribution in [2.75, 3.05) is 19.0 Å². The number of hydrogen-bond acceptors (Lipinski definition) is 4. The molecule has 0 aromatic rings. The lowest BCUT2D eigenvalue weighted by Crippen LogP contribution is -2.33. The molecule has 0 rings (SSSR count). The van der Waals surface area contributed by atoms with Crippen LogP contribution in [0.3, 0.4) is 0 Å². The molecule has 0 aliphatic rings. The van der Waals surface area contributed by atoms with Crippen LogP contribution in [0.15, 0.2) is 0 Å². The van der Waals surface area contributed by atoms with Crippen molar-refractivity contribution < 1.29 is 39.3 Å². The van der Waals surface area contributed by atoms with Crippen molar-refractivity contribution in [2.45, 2.75) is 38.3 Å². The average Bonchev–Trinajstić information content (AvgIpc) is 2.22. The van der Waals surface area contributed by atoms with Gasteiger partial charge in [0.25, 0.3) is 0 Å². The molecule has 0 aromatic carbocycles. The minimum atomic E-state index is -5.46. The Morgan fingerprint density at radius 3 is 2.32 bits per heavy atom. The summed E-state index contributed by atoms with van der Waals surface area (Å²) in [6.07, 6.45) is -7.15. The van der Waals surface area contributed by atoms with Crippen LogP contribution in [0, 0.1) is 0 Å². The highest BCUT2D eigenvalue weighted by Gasteiger charge is 2.38. The van der Waals surface area contributed by atoms with E-state index in [4.69, 9.17) is 0 Å². The predicted octanol–water partition coefficient (Wildman–Crippen LogP) is 2.35. The molecular weight excluding hydrogens is 299 g/mol. The third kappa shape index (κ3) is 10.0. The second kappa shape index (κ2) is 7.95. The monoisotopic (exact) mass is 314 g/mol. The van der Waals surface area contributed by atoms with Crippen LogP contribution in [0.4, 0.5) is 21.4 Å². The highest BCUT2D eigenvalue weighted by Crippen LogP contribution is 2.20. The van der Waals surface area contributed by atoms with Crippen molar-refractivity contribution >= 4 is 10.2 Å². The van der Waals surface area contributed by atoms with Gasteiger partial charge in [-0.25, -0.2) is 8.78 Å². The first-order chi connectivity index (χ1) is 8.59. The summed E-state index contributed by atoms with van der Waals surface area (Å²) in [5.74, 6) is -2.21. The summed E-state index contributed by atoms with van der Waals surface area (Å²) < 4.78 is 90.8. The molecule has 0 radical (unpaired) electrons. The maximum atomic E-state index is 13.0. The first kappa shape index (κ1) is 18.5. The Labute approximate surface area is 108 Å². The van der Waals surface area contributed by atoms with Crippen molar-refractivity contribution in [3.63, 3.8) is 0 Å². The van der Waals surface area contributed by atoms with Gasteiger partial charge in [0.2, 0.25) is 6.36 Å². The van der Waals surface area contributed by atoms with Crippen LogP contribution in [0.1, 0.15) is 19.8 Å². The van der Waals surface area contributed by atoms with Crippen molar-refractivity contribution in [1.29, 1.82) is 0 Å². The van der Waals surface area contributed by atoms with Gasteiger partial charge in [-0.2, -0.15) is 17.2 Å². The maximum absolute atomic E-state index is 13.0. The SMILES string of the molecule is CCCC(CF)OC(F)COC(F)(F)CS(=O)(=O)F. The van der Waals surface area contributed by atoms with E-state index in [1.54, 1.807) is 6.92 Å². The number of halogens is 5. The van der Waals surface area contributed by atoms with Crippen LogP contribution < -0.4 is 0 Å². The van der Waals surface area contributed by atoms with Crippen LogP contribution in [0.25, 0.3) is 0 Å². The molecule has 0 amide bonds. The van der Waals surface area contributed by atoms with E-state index in [2.05, 4.69) is 9.47 Å². The Morgan fingerprint density at radius 2 is 1.89 bits per heavy atom. The molecule has 4 nitrogen and oxygen atoms in total. The smallest absolute Gasteiger partial charge is 0.340 e. The molecule has 0 aliphatic carbocycles. The van der Waals surface area contributed by atoms with Crippen molar-refractivity contribution in [3.8, 4) is 0 Å². The molecule has 10 heteroatoms. The molecule has 0 spiro atoms. The highest BCUT2D eigenvalue weighted by molar-refractivity contribution is 7.86. The number of hydrogen-bond donors (Lipinski definition) is 0. The zero-order valence-electron chi connectivity index (χ0n) is 10.1. The van der Waals surface area contributed by atoms with Gasteiger partial charge in [-0.1, -0.05) is 13.3 Å². The minimum absolute atomic E-state index is 0.187. The Balaban J connectivity index is 4.17. The van der Waals surface area contributed by atoms with E-state index in [9.17, 15) is 29.9 Å². The second-order valence-corrected chi connectivity index (χ2v) is 5.11. The van der Waals surface area contributed by atoms with E-state index < -0.39 is 47.8 Å². The molecule has 0 N–H and O–H groups in total. The molecule has 0 aromatic heterocycles. The molecule has 0 heterocycles. The molecule has 0 fully saturated rings. The van der Waals surface area contributed by atoms with Gasteiger partial charge in [-0.05, 0) is 6.42 Å². The van der Waals surface area contributed by atoms with E-state index >= 15 is 0 Å². The molecule has 0 saturated heterocycles. The van der Waals surface area contributed by atoms with E-state index in [0.29, 0.717) is 6.42 Å². The Hall–Kier alpha value is -0.480. The maximum Gasteiger partial charge on any atom is 0.372 e. The average molecular weight is 314 g/mol. The Bertz CT molecular complexity index is 349. The van der Waals surface area contributed by atoms with E-state index in [0.717, 1.165) is 0 Å². The number of alkyl halides is 4. The van der Waals surface area contributed by atoms with Gasteiger partial charge >= 0.3 is 16.3 Å². The van der Waals surface area contributed by atoms with Gasteiger partial charge in [-0.3, -0.25) is 0 Å². The van der Waals surface area contributed by atoms with Gasteiger partial charge in [0, 0.05) is 0 Å². The molecule has 2 atom stereocenters. The lowest BCUT2D eigenvalue weighted by atomic mass is 10.2. The standard InChI is InChI=1S/C9H15F5O4S/c1-2-3-7(4-10)18-8(11)5-17-9(12,13)6-19(14,15)16/h7-8H,2-6H2,1H3. The van der Waals surface area contributed by atoms with Crippen LogP contribution in [-0.2, 0) is 19.7 Å². The molecule has 116 valence electrons. The Morgan fingerprint density at radius 1 is 1.32 bits per heavy atom. The van der Waals surface area contributed by atoms with Crippen molar-refractivity contribution in [2.24, 2.45) is 0 Å². The largest absolute Gasteiger partial charge is 0.372 e. The summed E-state index contributed by atoms with van der Waals surface area (Å²) in [4.78, 5) is 0. The van der Waals surface area contributed by atoms with Gasteiger partial charge < -0.3 is 9.47 Å². The van der Waals surface area contributed by atoms with Crippen LogP contribution in [-0.4, -0.2) is 46.0 Å².